The number of aryl methyl sites for hydroxylation is 1. The minimum absolute atomic E-state index is 0.153. The molecular formula is C21H20Cl2N2O. The maximum absolute atomic E-state index is 12.5. The van der Waals surface area contributed by atoms with Gasteiger partial charge < -0.3 is 0 Å². The van der Waals surface area contributed by atoms with Crippen LogP contribution in [0, 0.1) is 13.8 Å². The first-order chi connectivity index (χ1) is 12.5. The van der Waals surface area contributed by atoms with E-state index in [0.29, 0.717) is 29.3 Å². The molecule has 0 saturated carbocycles. The summed E-state index contributed by atoms with van der Waals surface area (Å²) in [5.74, 6) is 0.153. The van der Waals surface area contributed by atoms with Gasteiger partial charge in [0.2, 0.25) is 0 Å². The van der Waals surface area contributed by atoms with Gasteiger partial charge in [0.1, 0.15) is 5.78 Å². The molecule has 3 aromatic rings. The molecule has 0 unspecified atom stereocenters. The van der Waals surface area contributed by atoms with Crippen LogP contribution in [0.2, 0.25) is 10.0 Å². The van der Waals surface area contributed by atoms with E-state index < -0.39 is 0 Å². The summed E-state index contributed by atoms with van der Waals surface area (Å²) < 4.78 is 1.89. The molecule has 0 N–H and O–H groups in total. The molecule has 0 spiro atoms. The minimum Gasteiger partial charge on any atom is -0.299 e. The van der Waals surface area contributed by atoms with Gasteiger partial charge in [-0.25, -0.2) is 4.68 Å². The molecule has 0 saturated heterocycles. The predicted octanol–water partition coefficient (Wildman–Crippen LogP) is 5.54. The van der Waals surface area contributed by atoms with Crippen molar-refractivity contribution in [3.8, 4) is 5.69 Å². The standard InChI is InChI=1S/C21H20Cl2N2O/c1-14-19(15(2)25(24-14)16-7-4-3-5-8-16)13-17(26)11-12-18-20(22)9-6-10-21(18)23/h3-10H,11-13H2,1-2H3. The van der Waals surface area contributed by atoms with Crippen LogP contribution < -0.4 is 0 Å². The number of rotatable bonds is 6. The molecule has 2 aromatic carbocycles. The number of halogens is 2. The molecule has 1 heterocycles. The quantitative estimate of drug-likeness (QED) is 0.557. The molecule has 1 aromatic heterocycles. The molecule has 0 fully saturated rings. The molecule has 0 bridgehead atoms. The minimum atomic E-state index is 0.153. The summed E-state index contributed by atoms with van der Waals surface area (Å²) in [6.45, 7) is 3.94. The molecule has 0 amide bonds. The van der Waals surface area contributed by atoms with E-state index >= 15 is 0 Å². The van der Waals surface area contributed by atoms with Gasteiger partial charge >= 0.3 is 0 Å². The second-order valence-electron chi connectivity index (χ2n) is 6.31. The smallest absolute Gasteiger partial charge is 0.137 e. The summed E-state index contributed by atoms with van der Waals surface area (Å²) in [5, 5.41) is 5.81. The van der Waals surface area contributed by atoms with Crippen LogP contribution in [-0.2, 0) is 17.6 Å². The van der Waals surface area contributed by atoms with Crippen LogP contribution in [0.1, 0.15) is 28.9 Å². The summed E-state index contributed by atoms with van der Waals surface area (Å²) in [5.41, 5.74) is 4.70. The third-order valence-electron chi connectivity index (χ3n) is 4.53. The number of carbonyl (C=O) groups is 1. The van der Waals surface area contributed by atoms with E-state index in [0.717, 1.165) is 28.2 Å². The molecule has 134 valence electrons. The molecular weight excluding hydrogens is 367 g/mol. The van der Waals surface area contributed by atoms with E-state index in [1.54, 1.807) is 18.2 Å². The Kier molecular flexibility index (Phi) is 5.80. The fraction of sp³-hybridized carbons (Fsp3) is 0.238. The van der Waals surface area contributed by atoms with Crippen molar-refractivity contribution >= 4 is 29.0 Å². The van der Waals surface area contributed by atoms with Crippen LogP contribution in [0.15, 0.2) is 48.5 Å². The second-order valence-corrected chi connectivity index (χ2v) is 7.13. The van der Waals surface area contributed by atoms with Gasteiger partial charge in [-0.3, -0.25) is 4.79 Å². The lowest BCUT2D eigenvalue weighted by atomic mass is 10.0. The molecule has 0 aliphatic carbocycles. The molecule has 5 heteroatoms. The Morgan fingerprint density at radius 2 is 1.62 bits per heavy atom. The van der Waals surface area contributed by atoms with E-state index in [1.165, 1.54) is 0 Å². The van der Waals surface area contributed by atoms with Crippen LogP contribution in [-0.4, -0.2) is 15.6 Å². The Labute approximate surface area is 163 Å². The highest BCUT2D eigenvalue weighted by Gasteiger charge is 2.16. The Balaban J connectivity index is 1.73. The zero-order chi connectivity index (χ0) is 18.7. The maximum Gasteiger partial charge on any atom is 0.137 e. The van der Waals surface area contributed by atoms with E-state index in [4.69, 9.17) is 23.2 Å². The molecule has 0 atom stereocenters. The van der Waals surface area contributed by atoms with Crippen LogP contribution in [0.4, 0.5) is 0 Å². The lowest BCUT2D eigenvalue weighted by Crippen LogP contribution is -2.07. The van der Waals surface area contributed by atoms with Crippen molar-refractivity contribution in [3.63, 3.8) is 0 Å². The van der Waals surface area contributed by atoms with Gasteiger partial charge in [-0.15, -0.1) is 0 Å². The molecule has 0 radical (unpaired) electrons. The van der Waals surface area contributed by atoms with E-state index in [1.807, 2.05) is 48.9 Å². The topological polar surface area (TPSA) is 34.9 Å². The second kappa shape index (κ2) is 8.07. The van der Waals surface area contributed by atoms with Crippen molar-refractivity contribution in [2.45, 2.75) is 33.1 Å². The number of carbonyl (C=O) groups excluding carboxylic acids is 1. The molecule has 3 rings (SSSR count). The monoisotopic (exact) mass is 386 g/mol. The zero-order valence-electron chi connectivity index (χ0n) is 14.8. The molecule has 0 aliphatic heterocycles. The Morgan fingerprint density at radius 3 is 2.27 bits per heavy atom. The van der Waals surface area contributed by atoms with Crippen molar-refractivity contribution in [3.05, 3.63) is 81.1 Å². The molecule has 0 aliphatic rings. The third kappa shape index (κ3) is 4.00. The largest absolute Gasteiger partial charge is 0.299 e. The summed E-state index contributed by atoms with van der Waals surface area (Å²) >= 11 is 12.4. The average Bonchev–Trinajstić information content (AvgIpc) is 2.90. The number of benzene rings is 2. The Bertz CT molecular complexity index is 912. The normalized spacial score (nSPS) is 10.9. The number of nitrogens with zero attached hydrogens (tertiary/aromatic N) is 2. The van der Waals surface area contributed by atoms with E-state index in [2.05, 4.69) is 5.10 Å². The first kappa shape index (κ1) is 18.7. The fourth-order valence-electron chi connectivity index (χ4n) is 3.07. The predicted molar refractivity (Wildman–Crippen MR) is 107 cm³/mol. The van der Waals surface area contributed by atoms with Crippen molar-refractivity contribution in [1.29, 1.82) is 0 Å². The first-order valence-electron chi connectivity index (χ1n) is 8.52. The number of hydrogen-bond acceptors (Lipinski definition) is 2. The SMILES string of the molecule is Cc1nn(-c2ccccc2)c(C)c1CC(=O)CCc1c(Cl)cccc1Cl. The van der Waals surface area contributed by atoms with Crippen LogP contribution in [0.5, 0.6) is 0 Å². The van der Waals surface area contributed by atoms with Gasteiger partial charge in [-0.2, -0.15) is 5.10 Å². The molecule has 26 heavy (non-hydrogen) atoms. The highest BCUT2D eigenvalue weighted by molar-refractivity contribution is 6.36. The fourth-order valence-corrected chi connectivity index (χ4v) is 3.66. The lowest BCUT2D eigenvalue weighted by Gasteiger charge is -2.07. The summed E-state index contributed by atoms with van der Waals surface area (Å²) in [7, 11) is 0. The number of aromatic nitrogens is 2. The van der Waals surface area contributed by atoms with Crippen LogP contribution in [0.3, 0.4) is 0 Å². The molecule has 3 nitrogen and oxygen atoms in total. The van der Waals surface area contributed by atoms with Gasteiger partial charge in [0.15, 0.2) is 0 Å². The summed E-state index contributed by atoms with van der Waals surface area (Å²) in [6.07, 6.45) is 1.31. The van der Waals surface area contributed by atoms with Crippen molar-refractivity contribution in [2.75, 3.05) is 0 Å². The van der Waals surface area contributed by atoms with Gasteiger partial charge in [0.05, 0.1) is 11.4 Å². The van der Waals surface area contributed by atoms with E-state index in [-0.39, 0.29) is 5.78 Å². The first-order valence-corrected chi connectivity index (χ1v) is 9.28. The average molecular weight is 387 g/mol. The summed E-state index contributed by atoms with van der Waals surface area (Å²) in [6, 6.07) is 15.3. The van der Waals surface area contributed by atoms with Crippen LogP contribution in [0.25, 0.3) is 5.69 Å². The van der Waals surface area contributed by atoms with Crippen molar-refractivity contribution in [2.24, 2.45) is 0 Å². The summed E-state index contributed by atoms with van der Waals surface area (Å²) in [4.78, 5) is 12.5. The van der Waals surface area contributed by atoms with Gasteiger partial charge in [-0.1, -0.05) is 47.5 Å². The highest BCUT2D eigenvalue weighted by atomic mass is 35.5. The highest BCUT2D eigenvalue weighted by Crippen LogP contribution is 2.26. The number of Topliss-reactive ketones (excluding diaryl/α,β-unsaturated/α-hetero) is 1. The Morgan fingerprint density at radius 1 is 0.962 bits per heavy atom. The van der Waals surface area contributed by atoms with Crippen molar-refractivity contribution in [1.82, 2.24) is 9.78 Å². The number of ketones is 1. The number of para-hydroxylation sites is 1. The maximum atomic E-state index is 12.5. The third-order valence-corrected chi connectivity index (χ3v) is 5.24. The number of hydrogen-bond donors (Lipinski definition) is 0. The van der Waals surface area contributed by atoms with Crippen LogP contribution >= 0.6 is 23.2 Å². The van der Waals surface area contributed by atoms with Crippen molar-refractivity contribution < 1.29 is 4.79 Å². The van der Waals surface area contributed by atoms with E-state index in [9.17, 15) is 4.79 Å². The lowest BCUT2D eigenvalue weighted by molar-refractivity contribution is -0.118. The zero-order valence-corrected chi connectivity index (χ0v) is 16.3. The van der Waals surface area contributed by atoms with Gasteiger partial charge in [0, 0.05) is 34.1 Å². The Hall–Kier alpha value is -2.10. The van der Waals surface area contributed by atoms with Gasteiger partial charge in [0.25, 0.3) is 0 Å². The van der Waals surface area contributed by atoms with Gasteiger partial charge in [-0.05, 0) is 50.1 Å².